The summed E-state index contributed by atoms with van der Waals surface area (Å²) in [6.07, 6.45) is 4.14. The van der Waals surface area contributed by atoms with Crippen molar-refractivity contribution in [3.8, 4) is 0 Å². The summed E-state index contributed by atoms with van der Waals surface area (Å²) in [5.41, 5.74) is 5.71. The molecule has 1 saturated heterocycles. The Morgan fingerprint density at radius 1 is 1.38 bits per heavy atom. The third-order valence-electron chi connectivity index (χ3n) is 3.51. The molecule has 1 fully saturated rings. The molecule has 1 rings (SSSR count). The van der Waals surface area contributed by atoms with Crippen molar-refractivity contribution in [2.45, 2.75) is 38.6 Å². The van der Waals surface area contributed by atoms with Gasteiger partial charge in [0.2, 0.25) is 5.91 Å². The van der Waals surface area contributed by atoms with Crippen molar-refractivity contribution in [2.24, 2.45) is 5.73 Å². The number of piperidine rings is 1. The molecule has 94 valence electrons. The Labute approximate surface area is 98.8 Å². The van der Waals surface area contributed by atoms with E-state index in [0.29, 0.717) is 13.0 Å². The summed E-state index contributed by atoms with van der Waals surface area (Å²) in [6, 6.07) is 0.194. The number of likely N-dealkylation sites (N-methyl/N-ethyl adjacent to an activating group) is 1. The van der Waals surface area contributed by atoms with Gasteiger partial charge < -0.3 is 15.5 Å². The van der Waals surface area contributed by atoms with Crippen LogP contribution >= 0.6 is 0 Å². The van der Waals surface area contributed by atoms with Crippen LogP contribution in [0.3, 0.4) is 0 Å². The summed E-state index contributed by atoms with van der Waals surface area (Å²) < 4.78 is 0. The summed E-state index contributed by atoms with van der Waals surface area (Å²) in [4.78, 5) is 16.2. The largest absolute Gasteiger partial charge is 0.343 e. The molecule has 1 aliphatic heterocycles. The van der Waals surface area contributed by atoms with Gasteiger partial charge in [0.25, 0.3) is 0 Å². The van der Waals surface area contributed by atoms with E-state index in [9.17, 15) is 4.79 Å². The van der Waals surface area contributed by atoms with Crippen molar-refractivity contribution in [1.82, 2.24) is 9.80 Å². The zero-order chi connectivity index (χ0) is 12.0. The highest BCUT2D eigenvalue weighted by Crippen LogP contribution is 2.11. The molecule has 0 spiro atoms. The molecule has 0 aromatic heterocycles. The molecule has 1 aliphatic rings. The van der Waals surface area contributed by atoms with Gasteiger partial charge in [-0.15, -0.1) is 0 Å². The predicted molar refractivity (Wildman–Crippen MR) is 66.2 cm³/mol. The molecule has 0 aromatic carbocycles. The Morgan fingerprint density at radius 3 is 2.50 bits per heavy atom. The summed E-state index contributed by atoms with van der Waals surface area (Å²) in [6.45, 7) is 5.46. The summed E-state index contributed by atoms with van der Waals surface area (Å²) in [5, 5.41) is 0. The minimum Gasteiger partial charge on any atom is -0.343 e. The van der Waals surface area contributed by atoms with E-state index in [0.717, 1.165) is 32.5 Å². The van der Waals surface area contributed by atoms with Crippen molar-refractivity contribution >= 4 is 5.91 Å². The van der Waals surface area contributed by atoms with E-state index >= 15 is 0 Å². The molecule has 0 saturated carbocycles. The van der Waals surface area contributed by atoms with E-state index in [1.165, 1.54) is 6.42 Å². The Morgan fingerprint density at radius 2 is 2.00 bits per heavy atom. The molecule has 1 unspecified atom stereocenters. The monoisotopic (exact) mass is 227 g/mol. The lowest BCUT2D eigenvalue weighted by molar-refractivity contribution is -0.133. The minimum atomic E-state index is 0.194. The fourth-order valence-corrected chi connectivity index (χ4v) is 2.15. The molecular formula is C12H25N3O. The molecule has 1 heterocycles. The summed E-state index contributed by atoms with van der Waals surface area (Å²) in [7, 11) is 2.03. The number of hydrogen-bond acceptors (Lipinski definition) is 3. The van der Waals surface area contributed by atoms with E-state index in [2.05, 4.69) is 11.8 Å². The summed E-state index contributed by atoms with van der Waals surface area (Å²) >= 11 is 0. The van der Waals surface area contributed by atoms with E-state index in [-0.39, 0.29) is 11.9 Å². The first-order chi connectivity index (χ1) is 7.69. The number of nitrogens with zero attached hydrogens (tertiary/aromatic N) is 2. The molecule has 0 aliphatic carbocycles. The van der Waals surface area contributed by atoms with E-state index in [4.69, 9.17) is 5.73 Å². The minimum absolute atomic E-state index is 0.194. The first kappa shape index (κ1) is 13.5. The Hall–Kier alpha value is -0.610. The van der Waals surface area contributed by atoms with Crippen molar-refractivity contribution in [1.29, 1.82) is 0 Å². The molecule has 4 heteroatoms. The van der Waals surface area contributed by atoms with Crippen LogP contribution in [0.1, 0.15) is 32.6 Å². The van der Waals surface area contributed by atoms with Crippen LogP contribution in [0.15, 0.2) is 0 Å². The number of rotatable bonds is 5. The van der Waals surface area contributed by atoms with Crippen LogP contribution in [-0.4, -0.2) is 55.0 Å². The standard InChI is InChI=1S/C12H25N3O/c1-3-14(2)11(10-13)9-12(16)15-7-5-4-6-8-15/h11H,3-10,13H2,1-2H3. The maximum Gasteiger partial charge on any atom is 0.224 e. The first-order valence-electron chi connectivity index (χ1n) is 6.37. The third-order valence-corrected chi connectivity index (χ3v) is 3.51. The quantitative estimate of drug-likeness (QED) is 0.751. The second-order valence-electron chi connectivity index (χ2n) is 4.61. The third kappa shape index (κ3) is 3.76. The van der Waals surface area contributed by atoms with Gasteiger partial charge in [0.15, 0.2) is 0 Å². The molecule has 2 N–H and O–H groups in total. The summed E-state index contributed by atoms with van der Waals surface area (Å²) in [5.74, 6) is 0.274. The van der Waals surface area contributed by atoms with Crippen molar-refractivity contribution in [3.05, 3.63) is 0 Å². The van der Waals surface area contributed by atoms with E-state index < -0.39 is 0 Å². The Kier molecular flexibility index (Phi) is 5.77. The maximum absolute atomic E-state index is 12.0. The Bertz CT molecular complexity index is 214. The van der Waals surface area contributed by atoms with Crippen LogP contribution in [0.25, 0.3) is 0 Å². The van der Waals surface area contributed by atoms with Crippen LogP contribution < -0.4 is 5.73 Å². The highest BCUT2D eigenvalue weighted by Gasteiger charge is 2.21. The zero-order valence-electron chi connectivity index (χ0n) is 10.6. The van der Waals surface area contributed by atoms with Gasteiger partial charge in [-0.05, 0) is 32.9 Å². The predicted octanol–water partition coefficient (Wildman–Crippen LogP) is 0.668. The molecule has 4 nitrogen and oxygen atoms in total. The van der Waals surface area contributed by atoms with Crippen LogP contribution in [0.4, 0.5) is 0 Å². The van der Waals surface area contributed by atoms with Crippen molar-refractivity contribution in [3.63, 3.8) is 0 Å². The van der Waals surface area contributed by atoms with Crippen LogP contribution in [0, 0.1) is 0 Å². The normalized spacial score (nSPS) is 18.9. The average Bonchev–Trinajstić information content (AvgIpc) is 2.35. The number of hydrogen-bond donors (Lipinski definition) is 1. The SMILES string of the molecule is CCN(C)C(CN)CC(=O)N1CCCCC1. The highest BCUT2D eigenvalue weighted by molar-refractivity contribution is 5.76. The molecule has 1 amide bonds. The molecule has 16 heavy (non-hydrogen) atoms. The second-order valence-corrected chi connectivity index (χ2v) is 4.61. The molecule has 0 aromatic rings. The molecule has 0 bridgehead atoms. The van der Waals surface area contributed by atoms with E-state index in [1.807, 2.05) is 11.9 Å². The zero-order valence-corrected chi connectivity index (χ0v) is 10.6. The van der Waals surface area contributed by atoms with Crippen LogP contribution in [-0.2, 0) is 4.79 Å². The van der Waals surface area contributed by atoms with Gasteiger partial charge in [0.05, 0.1) is 0 Å². The Balaban J connectivity index is 2.41. The van der Waals surface area contributed by atoms with Gasteiger partial charge in [-0.2, -0.15) is 0 Å². The van der Waals surface area contributed by atoms with Gasteiger partial charge in [0, 0.05) is 32.1 Å². The molecule has 1 atom stereocenters. The number of likely N-dealkylation sites (tertiary alicyclic amines) is 1. The van der Waals surface area contributed by atoms with E-state index in [1.54, 1.807) is 0 Å². The fourth-order valence-electron chi connectivity index (χ4n) is 2.15. The maximum atomic E-state index is 12.0. The number of nitrogens with two attached hydrogens (primary N) is 1. The topological polar surface area (TPSA) is 49.6 Å². The second kappa shape index (κ2) is 6.86. The van der Waals surface area contributed by atoms with Crippen molar-refractivity contribution in [2.75, 3.05) is 33.2 Å². The first-order valence-corrected chi connectivity index (χ1v) is 6.37. The number of carbonyl (C=O) groups is 1. The lowest BCUT2D eigenvalue weighted by Gasteiger charge is -2.31. The van der Waals surface area contributed by atoms with Crippen molar-refractivity contribution < 1.29 is 4.79 Å². The lowest BCUT2D eigenvalue weighted by atomic mass is 10.1. The molecule has 0 radical (unpaired) electrons. The highest BCUT2D eigenvalue weighted by atomic mass is 16.2. The van der Waals surface area contributed by atoms with Crippen LogP contribution in [0.5, 0.6) is 0 Å². The van der Waals surface area contributed by atoms with Gasteiger partial charge in [0.1, 0.15) is 0 Å². The number of carbonyl (C=O) groups excluding carboxylic acids is 1. The van der Waals surface area contributed by atoms with Gasteiger partial charge in [-0.25, -0.2) is 0 Å². The molecular weight excluding hydrogens is 202 g/mol. The van der Waals surface area contributed by atoms with Crippen LogP contribution in [0.2, 0.25) is 0 Å². The fraction of sp³-hybridized carbons (Fsp3) is 0.917. The van der Waals surface area contributed by atoms with Gasteiger partial charge >= 0.3 is 0 Å². The smallest absolute Gasteiger partial charge is 0.224 e. The average molecular weight is 227 g/mol. The lowest BCUT2D eigenvalue weighted by Crippen LogP contribution is -2.44. The number of amides is 1. The van der Waals surface area contributed by atoms with Gasteiger partial charge in [-0.1, -0.05) is 6.92 Å². The van der Waals surface area contributed by atoms with Gasteiger partial charge in [-0.3, -0.25) is 4.79 Å².